The zero-order chi connectivity index (χ0) is 12.7. The number of carbonyl (C=O) groups is 1. The van der Waals surface area contributed by atoms with Crippen molar-refractivity contribution in [1.29, 1.82) is 0 Å². The van der Waals surface area contributed by atoms with E-state index in [2.05, 4.69) is 6.92 Å². The molecule has 0 spiro atoms. The van der Waals surface area contributed by atoms with Crippen molar-refractivity contribution < 1.29 is 14.6 Å². The Morgan fingerprint density at radius 1 is 1.29 bits per heavy atom. The molecular weight excluding hydrogens is 216 g/mol. The Balaban J connectivity index is 2.51. The molecule has 0 amide bonds. The second-order valence-corrected chi connectivity index (χ2v) is 4.15. The maximum absolute atomic E-state index is 11.2. The van der Waals surface area contributed by atoms with Gasteiger partial charge in [0.2, 0.25) is 0 Å². The number of hydrogen-bond donors (Lipinski definition) is 1. The molecule has 1 aromatic rings. The normalized spacial score (nSPS) is 10.2. The molecule has 17 heavy (non-hydrogen) atoms. The average Bonchev–Trinajstić information content (AvgIpc) is 2.30. The molecule has 0 unspecified atom stereocenters. The highest BCUT2D eigenvalue weighted by Gasteiger charge is 2.06. The lowest BCUT2D eigenvalue weighted by Gasteiger charge is -2.08. The van der Waals surface area contributed by atoms with Gasteiger partial charge in [-0.1, -0.05) is 26.2 Å². The molecular formula is C14H20O3. The standard InChI is InChI=1S/C14H20O3/c1-3-4-5-6-9-17-14-10-12(11(2)15)7-8-13(14)16/h7-8,10,16H,3-6,9H2,1-2H3. The molecule has 0 aliphatic heterocycles. The van der Waals surface area contributed by atoms with Gasteiger partial charge >= 0.3 is 0 Å². The van der Waals surface area contributed by atoms with Gasteiger partial charge in [0.15, 0.2) is 17.3 Å². The largest absolute Gasteiger partial charge is 0.504 e. The SMILES string of the molecule is CCCCCCOc1cc(C(C)=O)ccc1O. The Bertz CT molecular complexity index is 372. The van der Waals surface area contributed by atoms with Crippen molar-refractivity contribution >= 4 is 5.78 Å². The third-order valence-electron chi connectivity index (χ3n) is 2.62. The van der Waals surface area contributed by atoms with Crippen molar-refractivity contribution in [2.24, 2.45) is 0 Å². The first-order chi connectivity index (χ1) is 8.15. The van der Waals surface area contributed by atoms with Crippen LogP contribution >= 0.6 is 0 Å². The predicted molar refractivity (Wildman–Crippen MR) is 67.7 cm³/mol. The molecule has 0 aliphatic carbocycles. The van der Waals surface area contributed by atoms with Crippen LogP contribution in [-0.2, 0) is 0 Å². The molecule has 0 saturated carbocycles. The summed E-state index contributed by atoms with van der Waals surface area (Å²) < 4.78 is 5.47. The molecule has 3 nitrogen and oxygen atoms in total. The average molecular weight is 236 g/mol. The van der Waals surface area contributed by atoms with Crippen LogP contribution in [-0.4, -0.2) is 17.5 Å². The highest BCUT2D eigenvalue weighted by molar-refractivity contribution is 5.94. The lowest BCUT2D eigenvalue weighted by Crippen LogP contribution is -1.99. The summed E-state index contributed by atoms with van der Waals surface area (Å²) in [5.74, 6) is 0.459. The van der Waals surface area contributed by atoms with Crippen molar-refractivity contribution in [3.8, 4) is 11.5 Å². The number of benzene rings is 1. The fourth-order valence-corrected chi connectivity index (χ4v) is 1.56. The van der Waals surface area contributed by atoms with Crippen LogP contribution in [0.3, 0.4) is 0 Å². The number of hydrogen-bond acceptors (Lipinski definition) is 3. The Morgan fingerprint density at radius 2 is 2.06 bits per heavy atom. The topological polar surface area (TPSA) is 46.5 Å². The van der Waals surface area contributed by atoms with Crippen LogP contribution < -0.4 is 4.74 Å². The third kappa shape index (κ3) is 4.47. The summed E-state index contributed by atoms with van der Waals surface area (Å²) in [7, 11) is 0. The summed E-state index contributed by atoms with van der Waals surface area (Å²) >= 11 is 0. The molecule has 1 aromatic carbocycles. The molecule has 0 radical (unpaired) electrons. The zero-order valence-corrected chi connectivity index (χ0v) is 10.5. The van der Waals surface area contributed by atoms with E-state index in [-0.39, 0.29) is 11.5 Å². The van der Waals surface area contributed by atoms with E-state index in [4.69, 9.17) is 4.74 Å². The first-order valence-corrected chi connectivity index (χ1v) is 6.12. The van der Waals surface area contributed by atoms with Crippen LogP contribution in [0.5, 0.6) is 11.5 Å². The minimum atomic E-state index is -0.0270. The molecule has 0 heterocycles. The summed E-state index contributed by atoms with van der Waals surface area (Å²) in [6.07, 6.45) is 4.48. The molecule has 1 N–H and O–H groups in total. The maximum atomic E-state index is 11.2. The van der Waals surface area contributed by atoms with E-state index in [9.17, 15) is 9.90 Å². The number of phenols is 1. The Hall–Kier alpha value is -1.51. The Morgan fingerprint density at radius 3 is 2.71 bits per heavy atom. The molecule has 0 atom stereocenters. The predicted octanol–water partition coefficient (Wildman–Crippen LogP) is 3.55. The van der Waals surface area contributed by atoms with E-state index in [1.807, 2.05) is 0 Å². The van der Waals surface area contributed by atoms with Gasteiger partial charge in [0.05, 0.1) is 6.61 Å². The van der Waals surface area contributed by atoms with Crippen molar-refractivity contribution in [2.45, 2.75) is 39.5 Å². The summed E-state index contributed by atoms with van der Waals surface area (Å²) in [6.45, 7) is 4.23. The van der Waals surface area contributed by atoms with Gasteiger partial charge in [0.1, 0.15) is 0 Å². The van der Waals surface area contributed by atoms with Gasteiger partial charge in [0, 0.05) is 5.56 Å². The van der Waals surface area contributed by atoms with E-state index < -0.39 is 0 Å². The summed E-state index contributed by atoms with van der Waals surface area (Å²) in [4.78, 5) is 11.2. The molecule has 1 rings (SSSR count). The minimum absolute atomic E-state index is 0.0270. The van der Waals surface area contributed by atoms with Gasteiger partial charge < -0.3 is 9.84 Å². The van der Waals surface area contributed by atoms with Crippen LogP contribution in [0.2, 0.25) is 0 Å². The maximum Gasteiger partial charge on any atom is 0.161 e. The zero-order valence-electron chi connectivity index (χ0n) is 10.5. The second kappa shape index (κ2) is 6.94. The fourth-order valence-electron chi connectivity index (χ4n) is 1.56. The highest BCUT2D eigenvalue weighted by atomic mass is 16.5. The van der Waals surface area contributed by atoms with E-state index >= 15 is 0 Å². The van der Waals surface area contributed by atoms with E-state index in [1.165, 1.54) is 25.8 Å². The monoisotopic (exact) mass is 236 g/mol. The Labute approximate surface area is 102 Å². The van der Waals surface area contributed by atoms with Crippen molar-refractivity contribution in [3.63, 3.8) is 0 Å². The van der Waals surface area contributed by atoms with E-state index in [0.29, 0.717) is 17.9 Å². The number of carbonyl (C=O) groups excluding carboxylic acids is 1. The van der Waals surface area contributed by atoms with Crippen LogP contribution in [0.25, 0.3) is 0 Å². The van der Waals surface area contributed by atoms with Crippen LogP contribution in [0, 0.1) is 0 Å². The molecule has 0 fully saturated rings. The summed E-state index contributed by atoms with van der Waals surface area (Å²) in [5.41, 5.74) is 0.561. The molecule has 0 bridgehead atoms. The number of phenolic OH excluding ortho intramolecular Hbond substituents is 1. The first-order valence-electron chi connectivity index (χ1n) is 6.12. The lowest BCUT2D eigenvalue weighted by atomic mass is 10.1. The van der Waals surface area contributed by atoms with Gasteiger partial charge in [-0.3, -0.25) is 4.79 Å². The number of rotatable bonds is 7. The Kier molecular flexibility index (Phi) is 5.53. The quantitative estimate of drug-likeness (QED) is 0.581. The molecule has 0 saturated heterocycles. The molecule has 94 valence electrons. The lowest BCUT2D eigenvalue weighted by molar-refractivity contribution is 0.101. The molecule has 0 aromatic heterocycles. The minimum Gasteiger partial charge on any atom is -0.504 e. The summed E-state index contributed by atoms with van der Waals surface area (Å²) in [5, 5.41) is 9.58. The van der Waals surface area contributed by atoms with E-state index in [0.717, 1.165) is 12.8 Å². The van der Waals surface area contributed by atoms with Crippen LogP contribution in [0.15, 0.2) is 18.2 Å². The van der Waals surface area contributed by atoms with Gasteiger partial charge in [-0.05, 0) is 31.5 Å². The van der Waals surface area contributed by atoms with Crippen LogP contribution in [0.1, 0.15) is 49.9 Å². The third-order valence-corrected chi connectivity index (χ3v) is 2.62. The van der Waals surface area contributed by atoms with E-state index in [1.54, 1.807) is 12.1 Å². The number of Topliss-reactive ketones (excluding diaryl/α,β-unsaturated/α-hetero) is 1. The van der Waals surface area contributed by atoms with Gasteiger partial charge in [-0.2, -0.15) is 0 Å². The van der Waals surface area contributed by atoms with Gasteiger partial charge in [-0.15, -0.1) is 0 Å². The molecule has 3 heteroatoms. The fraction of sp³-hybridized carbons (Fsp3) is 0.500. The molecule has 0 aliphatic rings. The van der Waals surface area contributed by atoms with Crippen molar-refractivity contribution in [3.05, 3.63) is 23.8 Å². The number of ketones is 1. The van der Waals surface area contributed by atoms with Gasteiger partial charge in [-0.25, -0.2) is 0 Å². The van der Waals surface area contributed by atoms with Crippen LogP contribution in [0.4, 0.5) is 0 Å². The first kappa shape index (κ1) is 13.6. The highest BCUT2D eigenvalue weighted by Crippen LogP contribution is 2.27. The second-order valence-electron chi connectivity index (χ2n) is 4.15. The van der Waals surface area contributed by atoms with Crippen molar-refractivity contribution in [1.82, 2.24) is 0 Å². The van der Waals surface area contributed by atoms with Gasteiger partial charge in [0.25, 0.3) is 0 Å². The van der Waals surface area contributed by atoms with Crippen molar-refractivity contribution in [2.75, 3.05) is 6.61 Å². The summed E-state index contributed by atoms with van der Waals surface area (Å²) in [6, 6.07) is 4.69. The number of unbranched alkanes of at least 4 members (excludes halogenated alkanes) is 3. The number of ether oxygens (including phenoxy) is 1. The smallest absolute Gasteiger partial charge is 0.161 e. The number of aromatic hydroxyl groups is 1.